The van der Waals surface area contributed by atoms with E-state index in [2.05, 4.69) is 45.2 Å². The van der Waals surface area contributed by atoms with E-state index in [0.29, 0.717) is 11.8 Å². The maximum Gasteiger partial charge on any atom is 0.142 e. The van der Waals surface area contributed by atoms with Crippen LogP contribution in [0.1, 0.15) is 43.8 Å². The van der Waals surface area contributed by atoms with Gasteiger partial charge in [-0.25, -0.2) is 19.9 Å². The fraction of sp³-hybridized carbons (Fsp3) is 0.556. The summed E-state index contributed by atoms with van der Waals surface area (Å²) in [5, 5.41) is 0. The first-order valence-corrected chi connectivity index (χ1v) is 10.8. The zero-order valence-electron chi connectivity index (χ0n) is 13.2. The number of hydrogen-bond donors (Lipinski definition) is 0. The highest BCUT2D eigenvalue weighted by atomic mass is 127. The van der Waals surface area contributed by atoms with Crippen molar-refractivity contribution in [1.82, 2.24) is 19.9 Å². The summed E-state index contributed by atoms with van der Waals surface area (Å²) >= 11 is 4.56. The van der Waals surface area contributed by atoms with Gasteiger partial charge in [0.05, 0.1) is 5.41 Å². The number of halogens is 2. The summed E-state index contributed by atoms with van der Waals surface area (Å²) < 4.78 is 2.16. The van der Waals surface area contributed by atoms with E-state index >= 15 is 0 Å². The molecule has 124 valence electrons. The minimum atomic E-state index is -0.178. The van der Waals surface area contributed by atoms with Crippen molar-refractivity contribution >= 4 is 45.2 Å². The number of rotatable bonds is 2. The standard InChI is InChI=1S/C18H18I2N4/c19-14-6-21-16(22-7-14)18(17-23-8-15(20)9-24-17)12-2-10-1-11(4-12)5-13(18)3-10/h6-13H,1-5H2. The van der Waals surface area contributed by atoms with Crippen molar-refractivity contribution in [2.45, 2.75) is 37.5 Å². The molecule has 0 amide bonds. The van der Waals surface area contributed by atoms with Crippen molar-refractivity contribution in [3.63, 3.8) is 0 Å². The molecule has 2 aromatic heterocycles. The topological polar surface area (TPSA) is 51.6 Å². The van der Waals surface area contributed by atoms with Gasteiger partial charge in [-0.05, 0) is 101 Å². The van der Waals surface area contributed by atoms with Crippen molar-refractivity contribution < 1.29 is 0 Å². The van der Waals surface area contributed by atoms with Gasteiger partial charge in [0.2, 0.25) is 0 Å². The SMILES string of the molecule is Ic1cnc(C2(c3ncc(I)cn3)C3CC4CC(C3)CC2C4)nc1. The van der Waals surface area contributed by atoms with Crippen molar-refractivity contribution in [1.29, 1.82) is 0 Å². The van der Waals surface area contributed by atoms with E-state index in [1.54, 1.807) is 0 Å². The van der Waals surface area contributed by atoms with Gasteiger partial charge >= 0.3 is 0 Å². The number of hydrogen-bond acceptors (Lipinski definition) is 4. The molecule has 0 aliphatic heterocycles. The van der Waals surface area contributed by atoms with Crippen LogP contribution in [0.25, 0.3) is 0 Å². The Kier molecular flexibility index (Phi) is 3.84. The van der Waals surface area contributed by atoms with Gasteiger partial charge in [-0.1, -0.05) is 0 Å². The van der Waals surface area contributed by atoms with Crippen LogP contribution in [0.2, 0.25) is 0 Å². The van der Waals surface area contributed by atoms with Gasteiger partial charge < -0.3 is 0 Å². The fourth-order valence-corrected chi connectivity index (χ4v) is 6.37. The molecule has 0 saturated heterocycles. The molecule has 2 heterocycles. The molecule has 0 unspecified atom stereocenters. The normalized spacial score (nSPS) is 32.9. The molecule has 4 fully saturated rings. The van der Waals surface area contributed by atoms with E-state index in [4.69, 9.17) is 19.9 Å². The molecule has 4 aliphatic carbocycles. The van der Waals surface area contributed by atoms with E-state index in [9.17, 15) is 0 Å². The number of aromatic nitrogens is 4. The summed E-state index contributed by atoms with van der Waals surface area (Å²) in [6, 6.07) is 0. The van der Waals surface area contributed by atoms with Crippen LogP contribution in [0, 0.1) is 30.8 Å². The molecular weight excluding hydrogens is 526 g/mol. The average Bonchev–Trinajstić information content (AvgIpc) is 2.57. The lowest BCUT2D eigenvalue weighted by molar-refractivity contribution is -0.0492. The first-order valence-electron chi connectivity index (χ1n) is 8.62. The molecule has 4 bridgehead atoms. The Morgan fingerprint density at radius 2 is 1.04 bits per heavy atom. The van der Waals surface area contributed by atoms with Crippen LogP contribution in [-0.4, -0.2) is 19.9 Å². The highest BCUT2D eigenvalue weighted by Gasteiger charge is 2.61. The zero-order valence-corrected chi connectivity index (χ0v) is 17.5. The molecule has 6 rings (SSSR count). The van der Waals surface area contributed by atoms with Crippen molar-refractivity contribution in [2.24, 2.45) is 23.7 Å². The molecule has 0 spiro atoms. The second kappa shape index (κ2) is 5.82. The maximum atomic E-state index is 4.79. The molecule has 0 N–H and O–H groups in total. The first-order chi connectivity index (χ1) is 11.7. The van der Waals surface area contributed by atoms with Crippen molar-refractivity contribution in [3.8, 4) is 0 Å². The van der Waals surface area contributed by atoms with Gasteiger partial charge in [-0.2, -0.15) is 0 Å². The largest absolute Gasteiger partial charge is 0.239 e. The second-order valence-electron chi connectivity index (χ2n) is 7.62. The molecule has 24 heavy (non-hydrogen) atoms. The highest BCUT2D eigenvalue weighted by Crippen LogP contribution is 2.63. The Morgan fingerprint density at radius 3 is 1.42 bits per heavy atom. The third-order valence-corrected chi connectivity index (χ3v) is 7.52. The van der Waals surface area contributed by atoms with Crippen LogP contribution >= 0.6 is 45.2 Å². The lowest BCUT2D eigenvalue weighted by atomic mass is 9.44. The monoisotopic (exact) mass is 544 g/mol. The summed E-state index contributed by atoms with van der Waals surface area (Å²) in [4.78, 5) is 19.2. The summed E-state index contributed by atoms with van der Waals surface area (Å²) in [5.74, 6) is 4.89. The van der Waals surface area contributed by atoms with Crippen LogP contribution in [0.5, 0.6) is 0 Å². The highest BCUT2D eigenvalue weighted by molar-refractivity contribution is 14.1. The molecule has 4 aliphatic rings. The van der Waals surface area contributed by atoms with E-state index in [-0.39, 0.29) is 5.41 Å². The van der Waals surface area contributed by atoms with Crippen molar-refractivity contribution in [2.75, 3.05) is 0 Å². The van der Waals surface area contributed by atoms with Crippen LogP contribution in [0.3, 0.4) is 0 Å². The third kappa shape index (κ3) is 2.27. The van der Waals surface area contributed by atoms with Gasteiger partial charge in [0, 0.05) is 31.9 Å². The van der Waals surface area contributed by atoms with Gasteiger partial charge in [-0.15, -0.1) is 0 Å². The minimum absolute atomic E-state index is 0.178. The molecule has 4 saturated carbocycles. The molecule has 0 aromatic carbocycles. The Bertz CT molecular complexity index is 684. The summed E-state index contributed by atoms with van der Waals surface area (Å²) in [7, 11) is 0. The summed E-state index contributed by atoms with van der Waals surface area (Å²) in [6.07, 6.45) is 14.4. The van der Waals surface area contributed by atoms with Gasteiger partial charge in [0.25, 0.3) is 0 Å². The van der Waals surface area contributed by atoms with Crippen molar-refractivity contribution in [3.05, 3.63) is 43.6 Å². The molecule has 4 nitrogen and oxygen atoms in total. The van der Waals surface area contributed by atoms with Crippen LogP contribution in [0.4, 0.5) is 0 Å². The van der Waals surface area contributed by atoms with E-state index in [1.165, 1.54) is 32.1 Å². The van der Waals surface area contributed by atoms with Crippen LogP contribution < -0.4 is 0 Å². The summed E-state index contributed by atoms with van der Waals surface area (Å²) in [6.45, 7) is 0. The van der Waals surface area contributed by atoms with Gasteiger partial charge in [-0.3, -0.25) is 0 Å². The molecule has 0 radical (unpaired) electrons. The predicted octanol–water partition coefficient (Wildman–Crippen LogP) is 4.22. The second-order valence-corrected chi connectivity index (χ2v) is 10.1. The summed E-state index contributed by atoms with van der Waals surface area (Å²) in [5.41, 5.74) is -0.178. The van der Waals surface area contributed by atoms with E-state index in [0.717, 1.165) is 30.6 Å². The van der Waals surface area contributed by atoms with Gasteiger partial charge in [0.1, 0.15) is 11.6 Å². The lowest BCUT2D eigenvalue weighted by Crippen LogP contribution is -2.57. The first kappa shape index (κ1) is 15.8. The predicted molar refractivity (Wildman–Crippen MR) is 107 cm³/mol. The Hall–Kier alpha value is -0.380. The van der Waals surface area contributed by atoms with Crippen LogP contribution in [-0.2, 0) is 5.41 Å². The molecule has 2 aromatic rings. The van der Waals surface area contributed by atoms with Gasteiger partial charge in [0.15, 0.2) is 0 Å². The smallest absolute Gasteiger partial charge is 0.142 e. The Balaban J connectivity index is 1.72. The molecule has 6 heteroatoms. The molecular formula is C18H18I2N4. The Morgan fingerprint density at radius 1 is 0.667 bits per heavy atom. The van der Waals surface area contributed by atoms with Crippen LogP contribution in [0.15, 0.2) is 24.8 Å². The quantitative estimate of drug-likeness (QED) is 0.532. The average molecular weight is 544 g/mol. The fourth-order valence-electron chi connectivity index (χ4n) is 5.81. The molecule has 0 atom stereocenters. The van der Waals surface area contributed by atoms with E-state index < -0.39 is 0 Å². The third-order valence-electron chi connectivity index (χ3n) is 6.41. The lowest BCUT2D eigenvalue weighted by Gasteiger charge is -2.59. The number of nitrogens with zero attached hydrogens (tertiary/aromatic N) is 4. The minimum Gasteiger partial charge on any atom is -0.239 e. The Labute approximate surface area is 169 Å². The zero-order chi connectivity index (χ0) is 16.3. The van der Waals surface area contributed by atoms with E-state index in [1.807, 2.05) is 24.8 Å². The maximum absolute atomic E-state index is 4.79.